The van der Waals surface area contributed by atoms with E-state index in [0.717, 1.165) is 18.8 Å². The number of aliphatic hydroxyl groups is 1. The first-order chi connectivity index (χ1) is 7.29. The molecule has 1 saturated carbocycles. The number of rotatable bonds is 3. The van der Waals surface area contributed by atoms with Gasteiger partial charge in [0, 0.05) is 0 Å². The average molecular weight is 208 g/mol. The summed E-state index contributed by atoms with van der Waals surface area (Å²) in [4.78, 5) is 0. The quantitative estimate of drug-likeness (QED) is 0.828. The fraction of sp³-hybridized carbons (Fsp3) is 0.692. The minimum absolute atomic E-state index is 0.109. The first-order valence-electron chi connectivity index (χ1n) is 5.98. The van der Waals surface area contributed by atoms with E-state index >= 15 is 0 Å². The first-order valence-corrected chi connectivity index (χ1v) is 5.98. The van der Waals surface area contributed by atoms with Gasteiger partial charge < -0.3 is 9.52 Å². The zero-order valence-corrected chi connectivity index (χ0v) is 9.36. The lowest BCUT2D eigenvalue weighted by atomic mass is 9.76. The maximum Gasteiger partial charge on any atom is 0.0934 e. The molecule has 1 aromatic rings. The monoisotopic (exact) mass is 208 g/mol. The second-order valence-corrected chi connectivity index (χ2v) is 4.75. The number of furan rings is 1. The third-order valence-corrected chi connectivity index (χ3v) is 3.71. The van der Waals surface area contributed by atoms with Crippen molar-refractivity contribution in [3.63, 3.8) is 0 Å². The first kappa shape index (κ1) is 10.7. The molecule has 2 nitrogen and oxygen atoms in total. The summed E-state index contributed by atoms with van der Waals surface area (Å²) in [5, 5.41) is 9.95. The molecule has 0 bridgehead atoms. The SMILES string of the molecule is CCC1CCC(O)C(Cc2ccoc2)C1. The van der Waals surface area contributed by atoms with Gasteiger partial charge in [0.05, 0.1) is 18.6 Å². The van der Waals surface area contributed by atoms with Crippen molar-refractivity contribution in [1.29, 1.82) is 0 Å². The van der Waals surface area contributed by atoms with Gasteiger partial charge in [0.15, 0.2) is 0 Å². The van der Waals surface area contributed by atoms with Crippen LogP contribution < -0.4 is 0 Å². The predicted molar refractivity (Wildman–Crippen MR) is 59.5 cm³/mol. The van der Waals surface area contributed by atoms with E-state index in [2.05, 4.69) is 6.92 Å². The van der Waals surface area contributed by atoms with Gasteiger partial charge in [-0.15, -0.1) is 0 Å². The summed E-state index contributed by atoms with van der Waals surface area (Å²) in [6, 6.07) is 2.00. The Balaban J connectivity index is 1.94. The highest BCUT2D eigenvalue weighted by atomic mass is 16.3. The van der Waals surface area contributed by atoms with Crippen LogP contribution in [0.2, 0.25) is 0 Å². The van der Waals surface area contributed by atoms with Crippen molar-refractivity contribution < 1.29 is 9.52 Å². The molecular weight excluding hydrogens is 188 g/mol. The van der Waals surface area contributed by atoms with Crippen LogP contribution in [-0.2, 0) is 6.42 Å². The predicted octanol–water partition coefficient (Wildman–Crippen LogP) is 3.01. The van der Waals surface area contributed by atoms with Crippen molar-refractivity contribution in [1.82, 2.24) is 0 Å². The maximum atomic E-state index is 9.95. The van der Waals surface area contributed by atoms with Gasteiger partial charge in [-0.3, -0.25) is 0 Å². The van der Waals surface area contributed by atoms with Crippen molar-refractivity contribution >= 4 is 0 Å². The lowest BCUT2D eigenvalue weighted by Crippen LogP contribution is -2.30. The summed E-state index contributed by atoms with van der Waals surface area (Å²) in [6.45, 7) is 2.25. The van der Waals surface area contributed by atoms with E-state index in [4.69, 9.17) is 4.42 Å². The summed E-state index contributed by atoms with van der Waals surface area (Å²) < 4.78 is 5.06. The zero-order chi connectivity index (χ0) is 10.7. The lowest BCUT2D eigenvalue weighted by molar-refractivity contribution is 0.0474. The third-order valence-electron chi connectivity index (χ3n) is 3.71. The molecule has 0 amide bonds. The molecule has 1 N–H and O–H groups in total. The van der Waals surface area contributed by atoms with Gasteiger partial charge >= 0.3 is 0 Å². The van der Waals surface area contributed by atoms with E-state index in [1.165, 1.54) is 24.8 Å². The molecule has 1 aliphatic carbocycles. The van der Waals surface area contributed by atoms with Crippen molar-refractivity contribution in [3.05, 3.63) is 24.2 Å². The third kappa shape index (κ3) is 2.63. The van der Waals surface area contributed by atoms with Crippen molar-refractivity contribution in [3.8, 4) is 0 Å². The maximum absolute atomic E-state index is 9.95. The summed E-state index contributed by atoms with van der Waals surface area (Å²) in [7, 11) is 0. The Morgan fingerprint density at radius 1 is 1.47 bits per heavy atom. The lowest BCUT2D eigenvalue weighted by Gasteiger charge is -2.32. The van der Waals surface area contributed by atoms with Crippen molar-refractivity contribution in [2.24, 2.45) is 11.8 Å². The number of aliphatic hydroxyl groups excluding tert-OH is 1. The van der Waals surface area contributed by atoms with Gasteiger partial charge in [-0.25, -0.2) is 0 Å². The molecular formula is C13H20O2. The normalized spacial score (nSPS) is 31.7. The Kier molecular flexibility index (Phi) is 3.47. The molecule has 15 heavy (non-hydrogen) atoms. The molecule has 84 valence electrons. The fourth-order valence-corrected chi connectivity index (χ4v) is 2.65. The second-order valence-electron chi connectivity index (χ2n) is 4.75. The molecule has 0 aliphatic heterocycles. The van der Waals surface area contributed by atoms with Crippen LogP contribution in [0.5, 0.6) is 0 Å². The highest BCUT2D eigenvalue weighted by molar-refractivity contribution is 5.07. The Bertz CT molecular complexity index is 279. The minimum atomic E-state index is -0.109. The van der Waals surface area contributed by atoms with Crippen LogP contribution >= 0.6 is 0 Å². The summed E-state index contributed by atoms with van der Waals surface area (Å²) in [6.07, 6.45) is 8.94. The Labute approximate surface area is 91.3 Å². The van der Waals surface area contributed by atoms with Gasteiger partial charge in [0.1, 0.15) is 0 Å². The van der Waals surface area contributed by atoms with Gasteiger partial charge in [-0.05, 0) is 49.1 Å². The molecule has 0 saturated heterocycles. The van der Waals surface area contributed by atoms with E-state index in [0.29, 0.717) is 5.92 Å². The highest BCUT2D eigenvalue weighted by Gasteiger charge is 2.28. The van der Waals surface area contributed by atoms with E-state index in [-0.39, 0.29) is 6.10 Å². The molecule has 0 spiro atoms. The Morgan fingerprint density at radius 2 is 2.33 bits per heavy atom. The van der Waals surface area contributed by atoms with Crippen LogP contribution in [0.4, 0.5) is 0 Å². The Hall–Kier alpha value is -0.760. The smallest absolute Gasteiger partial charge is 0.0934 e. The molecule has 2 rings (SSSR count). The van der Waals surface area contributed by atoms with Crippen LogP contribution in [0.15, 0.2) is 23.0 Å². The van der Waals surface area contributed by atoms with Crippen LogP contribution in [-0.4, -0.2) is 11.2 Å². The van der Waals surface area contributed by atoms with E-state index in [9.17, 15) is 5.11 Å². The van der Waals surface area contributed by atoms with E-state index < -0.39 is 0 Å². The van der Waals surface area contributed by atoms with Crippen LogP contribution in [0, 0.1) is 11.8 Å². The summed E-state index contributed by atoms with van der Waals surface area (Å²) in [5.74, 6) is 1.24. The van der Waals surface area contributed by atoms with Gasteiger partial charge in [0.2, 0.25) is 0 Å². The molecule has 0 radical (unpaired) electrons. The fourth-order valence-electron chi connectivity index (χ4n) is 2.65. The molecule has 1 aliphatic rings. The van der Waals surface area contributed by atoms with Crippen LogP contribution in [0.3, 0.4) is 0 Å². The minimum Gasteiger partial charge on any atom is -0.472 e. The van der Waals surface area contributed by atoms with E-state index in [1.807, 2.05) is 6.07 Å². The number of hydrogen-bond donors (Lipinski definition) is 1. The second kappa shape index (κ2) is 4.84. The molecule has 1 fully saturated rings. The summed E-state index contributed by atoms with van der Waals surface area (Å²) in [5.41, 5.74) is 1.22. The molecule has 0 aromatic carbocycles. The Morgan fingerprint density at radius 3 is 3.00 bits per heavy atom. The largest absolute Gasteiger partial charge is 0.472 e. The topological polar surface area (TPSA) is 33.4 Å². The van der Waals surface area contributed by atoms with Gasteiger partial charge in [-0.2, -0.15) is 0 Å². The zero-order valence-electron chi connectivity index (χ0n) is 9.36. The van der Waals surface area contributed by atoms with Gasteiger partial charge in [-0.1, -0.05) is 13.3 Å². The average Bonchev–Trinajstić information content (AvgIpc) is 2.74. The molecule has 3 unspecified atom stereocenters. The van der Waals surface area contributed by atoms with Crippen molar-refractivity contribution in [2.75, 3.05) is 0 Å². The molecule has 1 heterocycles. The van der Waals surface area contributed by atoms with E-state index in [1.54, 1.807) is 12.5 Å². The van der Waals surface area contributed by atoms with Crippen molar-refractivity contribution in [2.45, 2.75) is 45.1 Å². The van der Waals surface area contributed by atoms with Gasteiger partial charge in [0.25, 0.3) is 0 Å². The molecule has 3 atom stereocenters. The van der Waals surface area contributed by atoms with Crippen LogP contribution in [0.1, 0.15) is 38.2 Å². The van der Waals surface area contributed by atoms with Crippen LogP contribution in [0.25, 0.3) is 0 Å². The summed E-state index contributed by atoms with van der Waals surface area (Å²) >= 11 is 0. The highest BCUT2D eigenvalue weighted by Crippen LogP contribution is 2.33. The molecule has 1 aromatic heterocycles. The number of hydrogen-bond acceptors (Lipinski definition) is 2. The molecule has 2 heteroatoms. The standard InChI is InChI=1S/C13H20O2/c1-2-10-3-4-13(14)12(7-10)8-11-5-6-15-9-11/h5-6,9-10,12-14H,2-4,7-8H2,1H3.